The molecule has 0 aliphatic heterocycles. The Morgan fingerprint density at radius 1 is 1.00 bits per heavy atom. The molecule has 0 unspecified atom stereocenters. The average molecular weight is 370 g/mol. The van der Waals surface area contributed by atoms with E-state index >= 15 is 0 Å². The van der Waals surface area contributed by atoms with Crippen LogP contribution in [0, 0.1) is 0 Å². The second-order valence-electron chi connectivity index (χ2n) is 6.14. The fourth-order valence-electron chi connectivity index (χ4n) is 2.67. The number of imidazole rings is 1. The van der Waals surface area contributed by atoms with Crippen LogP contribution in [0.4, 0.5) is 0 Å². The summed E-state index contributed by atoms with van der Waals surface area (Å²) in [6, 6.07) is 24.9. The number of nitrogens with zero attached hydrogens (tertiary/aromatic N) is 2. The number of amides is 1. The van der Waals surface area contributed by atoms with Gasteiger partial charge in [0.15, 0.2) is 5.82 Å². The summed E-state index contributed by atoms with van der Waals surface area (Å²) < 4.78 is 5.75. The maximum absolute atomic E-state index is 12.1. The molecule has 6 heteroatoms. The van der Waals surface area contributed by atoms with Crippen LogP contribution in [0.1, 0.15) is 21.7 Å². The topological polar surface area (TPSA) is 79.4 Å². The summed E-state index contributed by atoms with van der Waals surface area (Å²) in [5.41, 5.74) is 5.98. The predicted octanol–water partition coefficient (Wildman–Crippen LogP) is 3.91. The number of fused-ring (bicyclic) bond motifs is 1. The van der Waals surface area contributed by atoms with Gasteiger partial charge in [-0.3, -0.25) is 4.79 Å². The molecule has 0 fully saturated rings. The van der Waals surface area contributed by atoms with Gasteiger partial charge in [-0.05, 0) is 47.5 Å². The highest BCUT2D eigenvalue weighted by atomic mass is 16.5. The van der Waals surface area contributed by atoms with E-state index in [0.717, 1.165) is 27.9 Å². The number of benzene rings is 3. The van der Waals surface area contributed by atoms with E-state index in [0.29, 0.717) is 6.61 Å². The van der Waals surface area contributed by atoms with Gasteiger partial charge in [0.25, 0.3) is 0 Å². The second kappa shape index (κ2) is 8.18. The van der Waals surface area contributed by atoms with Gasteiger partial charge in [-0.25, -0.2) is 10.4 Å². The Balaban J connectivity index is 1.32. The molecule has 0 radical (unpaired) electrons. The molecule has 3 aromatic carbocycles. The third kappa shape index (κ3) is 4.24. The van der Waals surface area contributed by atoms with Crippen LogP contribution in [-0.2, 0) is 6.61 Å². The number of para-hydroxylation sites is 2. The molecule has 138 valence electrons. The predicted molar refractivity (Wildman–Crippen MR) is 108 cm³/mol. The van der Waals surface area contributed by atoms with Crippen molar-refractivity contribution >= 4 is 23.2 Å². The molecule has 0 aliphatic carbocycles. The number of carbonyl (C=O) groups excluding carboxylic acids is 1. The normalized spacial score (nSPS) is 11.0. The van der Waals surface area contributed by atoms with Gasteiger partial charge in [-0.2, -0.15) is 5.10 Å². The van der Waals surface area contributed by atoms with Crippen LogP contribution in [0.25, 0.3) is 11.0 Å². The monoisotopic (exact) mass is 370 g/mol. The van der Waals surface area contributed by atoms with Crippen molar-refractivity contribution in [3.63, 3.8) is 0 Å². The van der Waals surface area contributed by atoms with E-state index in [9.17, 15) is 4.79 Å². The zero-order valence-electron chi connectivity index (χ0n) is 15.0. The summed E-state index contributed by atoms with van der Waals surface area (Å²) in [4.78, 5) is 19.3. The Hall–Kier alpha value is -3.93. The zero-order chi connectivity index (χ0) is 19.2. The van der Waals surface area contributed by atoms with Crippen molar-refractivity contribution in [3.8, 4) is 5.75 Å². The van der Waals surface area contributed by atoms with Gasteiger partial charge in [-0.15, -0.1) is 0 Å². The molecule has 0 saturated carbocycles. The molecular weight excluding hydrogens is 352 g/mol. The highest BCUT2D eigenvalue weighted by Crippen LogP contribution is 2.13. The van der Waals surface area contributed by atoms with E-state index in [1.54, 1.807) is 6.21 Å². The SMILES string of the molecule is O=C(N/N=C/c1ccc(OCc2ccccc2)cc1)c1nc2ccccc2[nH]1. The molecule has 4 aromatic rings. The minimum absolute atomic E-state index is 0.225. The van der Waals surface area contributed by atoms with Crippen molar-refractivity contribution in [1.29, 1.82) is 0 Å². The molecular formula is C22H18N4O2. The highest BCUT2D eigenvalue weighted by Gasteiger charge is 2.09. The Morgan fingerprint density at radius 2 is 1.75 bits per heavy atom. The molecule has 0 bridgehead atoms. The number of H-pyrrole nitrogens is 1. The first-order valence-corrected chi connectivity index (χ1v) is 8.83. The number of hydrogen-bond acceptors (Lipinski definition) is 4. The molecule has 6 nitrogen and oxygen atoms in total. The number of hydrogen-bond donors (Lipinski definition) is 2. The lowest BCUT2D eigenvalue weighted by Gasteiger charge is -2.06. The lowest BCUT2D eigenvalue weighted by molar-refractivity contribution is 0.0946. The van der Waals surface area contributed by atoms with Crippen LogP contribution >= 0.6 is 0 Å². The molecule has 1 aromatic heterocycles. The maximum Gasteiger partial charge on any atom is 0.307 e. The Morgan fingerprint density at radius 3 is 2.54 bits per heavy atom. The van der Waals surface area contributed by atoms with Gasteiger partial charge >= 0.3 is 5.91 Å². The van der Waals surface area contributed by atoms with Gasteiger partial charge in [0.1, 0.15) is 12.4 Å². The number of hydrazone groups is 1. The van der Waals surface area contributed by atoms with E-state index in [-0.39, 0.29) is 5.82 Å². The third-order valence-corrected chi connectivity index (χ3v) is 4.11. The van der Waals surface area contributed by atoms with E-state index in [4.69, 9.17) is 4.74 Å². The van der Waals surface area contributed by atoms with E-state index in [1.807, 2.05) is 78.9 Å². The van der Waals surface area contributed by atoms with E-state index < -0.39 is 5.91 Å². The van der Waals surface area contributed by atoms with Gasteiger partial charge in [0.2, 0.25) is 0 Å². The van der Waals surface area contributed by atoms with Crippen molar-refractivity contribution < 1.29 is 9.53 Å². The first-order valence-electron chi connectivity index (χ1n) is 8.83. The van der Waals surface area contributed by atoms with Crippen LogP contribution in [0.3, 0.4) is 0 Å². The fraction of sp³-hybridized carbons (Fsp3) is 0.0455. The molecule has 1 amide bonds. The number of ether oxygens (including phenoxy) is 1. The van der Waals surface area contributed by atoms with E-state index in [1.165, 1.54) is 0 Å². The third-order valence-electron chi connectivity index (χ3n) is 4.11. The molecule has 0 atom stereocenters. The number of aromatic amines is 1. The first kappa shape index (κ1) is 17.5. The van der Waals surface area contributed by atoms with Crippen molar-refractivity contribution in [2.24, 2.45) is 5.10 Å². The summed E-state index contributed by atoms with van der Waals surface area (Å²) in [7, 11) is 0. The van der Waals surface area contributed by atoms with Crippen LogP contribution in [-0.4, -0.2) is 22.1 Å². The minimum atomic E-state index is -0.393. The summed E-state index contributed by atoms with van der Waals surface area (Å²) >= 11 is 0. The zero-order valence-corrected chi connectivity index (χ0v) is 15.0. The lowest BCUT2D eigenvalue weighted by atomic mass is 10.2. The molecule has 4 rings (SSSR count). The molecule has 0 aliphatic rings. The lowest BCUT2D eigenvalue weighted by Crippen LogP contribution is -2.19. The van der Waals surface area contributed by atoms with Crippen molar-refractivity contribution in [1.82, 2.24) is 15.4 Å². The highest BCUT2D eigenvalue weighted by molar-refractivity contribution is 5.94. The van der Waals surface area contributed by atoms with Crippen molar-refractivity contribution in [3.05, 3.63) is 95.8 Å². The molecule has 1 heterocycles. The van der Waals surface area contributed by atoms with Gasteiger partial charge in [-0.1, -0.05) is 42.5 Å². The smallest absolute Gasteiger partial charge is 0.307 e. The Kier molecular flexibility index (Phi) is 5.11. The largest absolute Gasteiger partial charge is 0.489 e. The minimum Gasteiger partial charge on any atom is -0.489 e. The van der Waals surface area contributed by atoms with Crippen LogP contribution < -0.4 is 10.2 Å². The van der Waals surface area contributed by atoms with Crippen molar-refractivity contribution in [2.75, 3.05) is 0 Å². The summed E-state index contributed by atoms with van der Waals surface area (Å²) in [6.45, 7) is 0.516. The molecule has 0 saturated heterocycles. The van der Waals surface area contributed by atoms with Crippen LogP contribution in [0.5, 0.6) is 5.75 Å². The van der Waals surface area contributed by atoms with Crippen molar-refractivity contribution in [2.45, 2.75) is 6.61 Å². The summed E-state index contributed by atoms with van der Waals surface area (Å²) in [5, 5.41) is 3.99. The van der Waals surface area contributed by atoms with Gasteiger partial charge in [0.05, 0.1) is 17.2 Å². The average Bonchev–Trinajstić information content (AvgIpc) is 3.18. The second-order valence-corrected chi connectivity index (χ2v) is 6.14. The fourth-order valence-corrected chi connectivity index (χ4v) is 2.67. The summed E-state index contributed by atoms with van der Waals surface area (Å²) in [5.74, 6) is 0.602. The number of nitrogens with one attached hydrogen (secondary N) is 2. The number of rotatable bonds is 6. The standard InChI is InChI=1S/C22H18N4O2/c27-22(21-24-19-8-4-5-9-20(19)25-21)26-23-14-16-10-12-18(13-11-16)28-15-17-6-2-1-3-7-17/h1-14H,15H2,(H,24,25)(H,26,27)/b23-14+. The maximum atomic E-state index is 12.1. The van der Waals surface area contributed by atoms with Gasteiger partial charge < -0.3 is 9.72 Å². The quantitative estimate of drug-likeness (QED) is 0.399. The van der Waals surface area contributed by atoms with Gasteiger partial charge in [0, 0.05) is 0 Å². The van der Waals surface area contributed by atoms with E-state index in [2.05, 4.69) is 20.5 Å². The Bertz CT molecular complexity index is 1070. The first-order chi connectivity index (χ1) is 13.8. The van der Waals surface area contributed by atoms with Crippen LogP contribution in [0.2, 0.25) is 0 Å². The molecule has 28 heavy (non-hydrogen) atoms. The number of aromatic nitrogens is 2. The molecule has 0 spiro atoms. The number of carbonyl (C=O) groups is 1. The summed E-state index contributed by atoms with van der Waals surface area (Å²) in [6.07, 6.45) is 1.57. The molecule has 2 N–H and O–H groups in total. The Labute approximate surface area is 161 Å². The van der Waals surface area contributed by atoms with Crippen LogP contribution in [0.15, 0.2) is 84.0 Å².